The van der Waals surface area contributed by atoms with Crippen LogP contribution in [0.15, 0.2) is 16.5 Å². The van der Waals surface area contributed by atoms with E-state index in [0.29, 0.717) is 12.6 Å². The summed E-state index contributed by atoms with van der Waals surface area (Å²) in [5, 5.41) is 3.10. The molecule has 1 N–H and O–H groups in total. The normalized spacial score (nSPS) is 23.8. The fourth-order valence-electron chi connectivity index (χ4n) is 3.13. The second-order valence-corrected chi connectivity index (χ2v) is 6.34. The van der Waals surface area contributed by atoms with Crippen LogP contribution in [0.2, 0.25) is 0 Å². The number of nitrogens with zero attached hydrogens (tertiary/aromatic N) is 1. The number of amides is 1. The Morgan fingerprint density at radius 1 is 1.29 bits per heavy atom. The number of aryl methyl sites for hydroxylation is 1. The van der Waals surface area contributed by atoms with Crippen LogP contribution in [0.25, 0.3) is 0 Å². The lowest BCUT2D eigenvalue weighted by molar-refractivity contribution is -0.123. The van der Waals surface area contributed by atoms with Gasteiger partial charge >= 0.3 is 0 Å². The Morgan fingerprint density at radius 2 is 2.14 bits per heavy atom. The molecule has 0 radical (unpaired) electrons. The molecule has 4 nitrogen and oxygen atoms in total. The van der Waals surface area contributed by atoms with Gasteiger partial charge in [-0.3, -0.25) is 9.69 Å². The maximum absolute atomic E-state index is 12.1. The standard InChI is InChI=1S/C17H26N2O2/c1-2-14-9-10-16(21-14)15-6-4-3-5-11-19(15)12-17(20)18-13-7-8-13/h9-10,13,15H,2-8,11-12H2,1H3,(H,18,20). The molecule has 1 aromatic heterocycles. The van der Waals surface area contributed by atoms with Crippen LogP contribution in [0.4, 0.5) is 0 Å². The van der Waals surface area contributed by atoms with Crippen molar-refractivity contribution in [1.29, 1.82) is 0 Å². The maximum Gasteiger partial charge on any atom is 0.234 e. The van der Waals surface area contributed by atoms with Gasteiger partial charge in [-0.25, -0.2) is 0 Å². The van der Waals surface area contributed by atoms with Crippen LogP contribution in [0.3, 0.4) is 0 Å². The highest BCUT2D eigenvalue weighted by atomic mass is 16.3. The van der Waals surface area contributed by atoms with Gasteiger partial charge < -0.3 is 9.73 Å². The Kier molecular flexibility index (Phi) is 4.63. The summed E-state index contributed by atoms with van der Waals surface area (Å²) in [6.45, 7) is 3.60. The predicted octanol–water partition coefficient (Wildman–Crippen LogP) is 3.04. The van der Waals surface area contributed by atoms with Gasteiger partial charge in [0, 0.05) is 12.5 Å². The van der Waals surface area contributed by atoms with E-state index in [2.05, 4.69) is 29.3 Å². The molecule has 116 valence electrons. The Labute approximate surface area is 126 Å². The Bertz CT molecular complexity index is 479. The molecule has 1 aliphatic heterocycles. The third kappa shape index (κ3) is 3.88. The zero-order valence-electron chi connectivity index (χ0n) is 12.9. The van der Waals surface area contributed by atoms with Crippen molar-refractivity contribution in [2.24, 2.45) is 0 Å². The van der Waals surface area contributed by atoms with Crippen molar-refractivity contribution in [3.8, 4) is 0 Å². The molecule has 2 aliphatic rings. The van der Waals surface area contributed by atoms with E-state index in [1.165, 1.54) is 19.3 Å². The SMILES string of the molecule is CCc1ccc(C2CCCCCN2CC(=O)NC2CC2)o1. The maximum atomic E-state index is 12.1. The summed E-state index contributed by atoms with van der Waals surface area (Å²) in [5.41, 5.74) is 0. The topological polar surface area (TPSA) is 45.5 Å². The van der Waals surface area contributed by atoms with Gasteiger partial charge in [-0.2, -0.15) is 0 Å². The van der Waals surface area contributed by atoms with Crippen molar-refractivity contribution in [3.05, 3.63) is 23.7 Å². The van der Waals surface area contributed by atoms with E-state index in [4.69, 9.17) is 4.42 Å². The molecule has 2 fully saturated rings. The van der Waals surface area contributed by atoms with Gasteiger partial charge in [0.05, 0.1) is 12.6 Å². The zero-order valence-corrected chi connectivity index (χ0v) is 12.9. The summed E-state index contributed by atoms with van der Waals surface area (Å²) in [6, 6.07) is 4.87. The highest BCUT2D eigenvalue weighted by molar-refractivity contribution is 5.78. The van der Waals surface area contributed by atoms with Gasteiger partial charge in [0.25, 0.3) is 0 Å². The summed E-state index contributed by atoms with van der Waals surface area (Å²) in [5.74, 6) is 2.25. The van der Waals surface area contributed by atoms with Crippen molar-refractivity contribution < 1.29 is 9.21 Å². The zero-order chi connectivity index (χ0) is 14.7. The van der Waals surface area contributed by atoms with E-state index in [1.807, 2.05) is 0 Å². The molecule has 2 heterocycles. The van der Waals surface area contributed by atoms with Crippen molar-refractivity contribution in [1.82, 2.24) is 10.2 Å². The van der Waals surface area contributed by atoms with Crippen LogP contribution in [0, 0.1) is 0 Å². The van der Waals surface area contributed by atoms with Crippen molar-refractivity contribution >= 4 is 5.91 Å². The fourth-order valence-corrected chi connectivity index (χ4v) is 3.13. The van der Waals surface area contributed by atoms with Gasteiger partial charge in [-0.05, 0) is 44.4 Å². The molecular weight excluding hydrogens is 264 g/mol. The summed E-state index contributed by atoms with van der Waals surface area (Å²) >= 11 is 0. The molecule has 1 amide bonds. The monoisotopic (exact) mass is 290 g/mol. The smallest absolute Gasteiger partial charge is 0.234 e. The second-order valence-electron chi connectivity index (χ2n) is 6.34. The number of hydrogen-bond donors (Lipinski definition) is 1. The van der Waals surface area contributed by atoms with E-state index in [0.717, 1.165) is 43.7 Å². The second kappa shape index (κ2) is 6.65. The number of nitrogens with one attached hydrogen (secondary N) is 1. The highest BCUT2D eigenvalue weighted by Gasteiger charge is 2.29. The molecule has 3 rings (SSSR count). The lowest BCUT2D eigenvalue weighted by atomic mass is 10.1. The third-order valence-corrected chi connectivity index (χ3v) is 4.51. The molecule has 0 spiro atoms. The van der Waals surface area contributed by atoms with Gasteiger partial charge in [-0.15, -0.1) is 0 Å². The summed E-state index contributed by atoms with van der Waals surface area (Å²) in [7, 11) is 0. The molecular formula is C17H26N2O2. The molecule has 1 atom stereocenters. The Hall–Kier alpha value is -1.29. The van der Waals surface area contributed by atoms with Crippen LogP contribution in [-0.2, 0) is 11.2 Å². The first-order chi connectivity index (χ1) is 10.3. The third-order valence-electron chi connectivity index (χ3n) is 4.51. The molecule has 1 saturated carbocycles. The number of furan rings is 1. The fraction of sp³-hybridized carbons (Fsp3) is 0.706. The molecule has 4 heteroatoms. The van der Waals surface area contributed by atoms with Gasteiger partial charge in [0.1, 0.15) is 11.5 Å². The molecule has 0 aromatic carbocycles. The van der Waals surface area contributed by atoms with Crippen molar-refractivity contribution in [3.63, 3.8) is 0 Å². The number of carbonyl (C=O) groups is 1. The van der Waals surface area contributed by atoms with Gasteiger partial charge in [-0.1, -0.05) is 19.8 Å². The average Bonchev–Trinajstić information content (AvgIpc) is 3.20. The van der Waals surface area contributed by atoms with Crippen molar-refractivity contribution in [2.45, 2.75) is 64.0 Å². The first-order valence-electron chi connectivity index (χ1n) is 8.38. The van der Waals surface area contributed by atoms with Crippen molar-refractivity contribution in [2.75, 3.05) is 13.1 Å². The van der Waals surface area contributed by atoms with Crippen LogP contribution < -0.4 is 5.32 Å². The molecule has 1 aromatic rings. The molecule has 1 unspecified atom stereocenters. The van der Waals surface area contributed by atoms with E-state index >= 15 is 0 Å². The summed E-state index contributed by atoms with van der Waals surface area (Å²) in [6.07, 6.45) is 7.95. The first-order valence-corrected chi connectivity index (χ1v) is 8.38. The summed E-state index contributed by atoms with van der Waals surface area (Å²) < 4.78 is 5.96. The highest BCUT2D eigenvalue weighted by Crippen LogP contribution is 2.31. The molecule has 0 bridgehead atoms. The van der Waals surface area contributed by atoms with Crippen LogP contribution in [0.1, 0.15) is 63.0 Å². The summed E-state index contributed by atoms with van der Waals surface area (Å²) in [4.78, 5) is 14.4. The minimum Gasteiger partial charge on any atom is -0.464 e. The number of rotatable bonds is 5. The minimum absolute atomic E-state index is 0.173. The Balaban J connectivity index is 1.68. The number of likely N-dealkylation sites (tertiary alicyclic amines) is 1. The van der Waals surface area contributed by atoms with Crippen LogP contribution >= 0.6 is 0 Å². The largest absolute Gasteiger partial charge is 0.464 e. The number of carbonyl (C=O) groups excluding carboxylic acids is 1. The lowest BCUT2D eigenvalue weighted by Crippen LogP contribution is -2.40. The molecule has 1 saturated heterocycles. The minimum atomic E-state index is 0.173. The van der Waals surface area contributed by atoms with Crippen LogP contribution in [0.5, 0.6) is 0 Å². The van der Waals surface area contributed by atoms with E-state index in [1.54, 1.807) is 0 Å². The average molecular weight is 290 g/mol. The Morgan fingerprint density at radius 3 is 2.86 bits per heavy atom. The van der Waals surface area contributed by atoms with Gasteiger partial charge in [0.2, 0.25) is 5.91 Å². The quantitative estimate of drug-likeness (QED) is 0.906. The van der Waals surface area contributed by atoms with E-state index in [9.17, 15) is 4.79 Å². The van der Waals surface area contributed by atoms with E-state index in [-0.39, 0.29) is 11.9 Å². The van der Waals surface area contributed by atoms with Gasteiger partial charge in [0.15, 0.2) is 0 Å². The first kappa shape index (κ1) is 14.6. The lowest BCUT2D eigenvalue weighted by Gasteiger charge is -2.27. The predicted molar refractivity (Wildman–Crippen MR) is 82.0 cm³/mol. The molecule has 21 heavy (non-hydrogen) atoms. The number of hydrogen-bond acceptors (Lipinski definition) is 3. The van der Waals surface area contributed by atoms with Crippen LogP contribution in [-0.4, -0.2) is 29.9 Å². The molecule has 1 aliphatic carbocycles. The van der Waals surface area contributed by atoms with E-state index < -0.39 is 0 Å².